The number of nitrogens with zero attached hydrogens (tertiary/aromatic N) is 2. The first-order valence-electron chi connectivity index (χ1n) is 9.36. The first-order chi connectivity index (χ1) is 14.1. The number of aromatic nitrogens is 2. The van der Waals surface area contributed by atoms with Gasteiger partial charge in [0.1, 0.15) is 0 Å². The molecule has 1 aromatic heterocycles. The van der Waals surface area contributed by atoms with E-state index >= 15 is 0 Å². The fourth-order valence-electron chi connectivity index (χ4n) is 2.86. The summed E-state index contributed by atoms with van der Waals surface area (Å²) in [6.45, 7) is 5.88. The van der Waals surface area contributed by atoms with Crippen molar-refractivity contribution >= 4 is 23.8 Å². The van der Waals surface area contributed by atoms with Crippen molar-refractivity contribution in [2.75, 3.05) is 11.9 Å². The number of carbonyl (C=O) groups excluding carboxylic acids is 3. The minimum Gasteiger partial charge on any atom is -0.456 e. The fraction of sp³-hybridized carbons (Fsp3) is 0.611. The Morgan fingerprint density at radius 2 is 1.87 bits per heavy atom. The smallest absolute Gasteiger partial charge is 0.412 e. The molecule has 4 unspecified atom stereocenters. The number of nitrogens with one attached hydrogen (secondary N) is 1. The highest BCUT2D eigenvalue weighted by atomic mass is 19.1. The Kier molecular flexibility index (Phi) is 7.86. The molecule has 0 bridgehead atoms. The Morgan fingerprint density at radius 3 is 2.47 bits per heavy atom. The van der Waals surface area contributed by atoms with Gasteiger partial charge in [-0.25, -0.2) is 14.0 Å². The van der Waals surface area contributed by atoms with Gasteiger partial charge in [0.15, 0.2) is 30.1 Å². The molecule has 0 spiro atoms. The molecule has 1 N–H and O–H groups in total. The minimum absolute atomic E-state index is 0.135. The number of carbonyl (C=O) groups is 3. The third kappa shape index (κ3) is 5.75. The number of hydrogen-bond acceptors (Lipinski definition) is 9. The van der Waals surface area contributed by atoms with E-state index in [1.165, 1.54) is 6.92 Å². The zero-order chi connectivity index (χ0) is 22.4. The normalized spacial score (nSPS) is 23.0. The molecule has 0 aromatic carbocycles. The summed E-state index contributed by atoms with van der Waals surface area (Å²) >= 11 is 0. The molecule has 2 rings (SSSR count). The van der Waals surface area contributed by atoms with Crippen molar-refractivity contribution < 1.29 is 37.7 Å². The van der Waals surface area contributed by atoms with E-state index in [1.807, 2.05) is 6.92 Å². The Morgan fingerprint density at radius 1 is 1.23 bits per heavy atom. The zero-order valence-corrected chi connectivity index (χ0v) is 17.0. The van der Waals surface area contributed by atoms with Gasteiger partial charge in [-0.1, -0.05) is 13.3 Å². The molecule has 1 aliphatic heterocycles. The molecule has 1 saturated heterocycles. The quantitative estimate of drug-likeness (QED) is 0.389. The molecule has 0 aliphatic carbocycles. The van der Waals surface area contributed by atoms with Gasteiger partial charge in [0.25, 0.3) is 0 Å². The third-order valence-electron chi connectivity index (χ3n) is 4.16. The van der Waals surface area contributed by atoms with Crippen molar-refractivity contribution in [1.29, 1.82) is 0 Å². The van der Waals surface area contributed by atoms with Crippen LogP contribution >= 0.6 is 0 Å². The van der Waals surface area contributed by atoms with Crippen molar-refractivity contribution in [3.63, 3.8) is 0 Å². The molecule has 1 aliphatic rings. The van der Waals surface area contributed by atoms with E-state index in [-0.39, 0.29) is 6.61 Å². The first-order valence-corrected chi connectivity index (χ1v) is 9.36. The highest BCUT2D eigenvalue weighted by molar-refractivity contribution is 5.83. The third-order valence-corrected chi connectivity index (χ3v) is 4.16. The van der Waals surface area contributed by atoms with E-state index in [9.17, 15) is 23.6 Å². The molecule has 166 valence electrons. The van der Waals surface area contributed by atoms with E-state index < -0.39 is 59.9 Å². The van der Waals surface area contributed by atoms with Crippen molar-refractivity contribution in [2.45, 2.75) is 65.1 Å². The summed E-state index contributed by atoms with van der Waals surface area (Å²) in [4.78, 5) is 50.5. The van der Waals surface area contributed by atoms with Crippen LogP contribution in [0.5, 0.6) is 0 Å². The monoisotopic (exact) mass is 429 g/mol. The lowest BCUT2D eigenvalue weighted by Gasteiger charge is -2.23. The van der Waals surface area contributed by atoms with Crippen molar-refractivity contribution in [2.24, 2.45) is 0 Å². The number of halogens is 1. The van der Waals surface area contributed by atoms with Crippen LogP contribution in [0, 0.1) is 5.82 Å². The van der Waals surface area contributed by atoms with Crippen LogP contribution < -0.4 is 11.0 Å². The summed E-state index contributed by atoms with van der Waals surface area (Å²) in [5.41, 5.74) is -0.988. The predicted octanol–water partition coefficient (Wildman–Crippen LogP) is 1.51. The molecule has 1 fully saturated rings. The maximum atomic E-state index is 14.5. The summed E-state index contributed by atoms with van der Waals surface area (Å²) in [5.74, 6) is -3.03. The average molecular weight is 429 g/mol. The van der Waals surface area contributed by atoms with E-state index in [1.54, 1.807) is 6.92 Å². The van der Waals surface area contributed by atoms with E-state index in [0.717, 1.165) is 24.1 Å². The number of rotatable bonds is 7. The van der Waals surface area contributed by atoms with Gasteiger partial charge in [0.2, 0.25) is 0 Å². The van der Waals surface area contributed by atoms with Gasteiger partial charge in [0.05, 0.1) is 18.9 Å². The molecule has 2 heterocycles. The molecular weight excluding hydrogens is 405 g/mol. The van der Waals surface area contributed by atoms with Gasteiger partial charge in [-0.3, -0.25) is 19.5 Å². The van der Waals surface area contributed by atoms with Crippen LogP contribution in [0.4, 0.5) is 15.0 Å². The average Bonchev–Trinajstić information content (AvgIpc) is 2.93. The Labute approximate surface area is 171 Å². The van der Waals surface area contributed by atoms with Gasteiger partial charge in [0, 0.05) is 13.8 Å². The van der Waals surface area contributed by atoms with Crippen LogP contribution in [0.25, 0.3) is 0 Å². The van der Waals surface area contributed by atoms with Crippen LogP contribution in [-0.2, 0) is 28.5 Å². The fourth-order valence-corrected chi connectivity index (χ4v) is 2.86. The van der Waals surface area contributed by atoms with Crippen LogP contribution in [0.2, 0.25) is 0 Å². The maximum Gasteiger partial charge on any atom is 0.412 e. The molecule has 0 saturated carbocycles. The molecule has 30 heavy (non-hydrogen) atoms. The molecule has 11 nitrogen and oxygen atoms in total. The second kappa shape index (κ2) is 10.1. The molecule has 0 radical (unpaired) electrons. The standard InChI is InChI=1S/C18H24FN3O8/c1-5-6-7-27-18(26)21-15-12(19)8-22(17(25)20-15)16-14(30-11(4)24)13(9(2)28-16)29-10(3)23/h8-9,13-14,16H,5-7H2,1-4H3,(H,20,21,25,26). The lowest BCUT2D eigenvalue weighted by molar-refractivity contribution is -0.165. The number of unbranched alkanes of at least 4 members (excludes halogenated alkanes) is 1. The van der Waals surface area contributed by atoms with E-state index in [0.29, 0.717) is 6.42 Å². The summed E-state index contributed by atoms with van der Waals surface area (Å²) in [5, 5.41) is 2.06. The Balaban J connectivity index is 2.28. The second-order valence-corrected chi connectivity index (χ2v) is 6.62. The first kappa shape index (κ1) is 23.3. The Bertz CT molecular complexity index is 858. The van der Waals surface area contributed by atoms with Gasteiger partial charge in [-0.05, 0) is 13.3 Å². The largest absolute Gasteiger partial charge is 0.456 e. The van der Waals surface area contributed by atoms with Gasteiger partial charge >= 0.3 is 23.7 Å². The van der Waals surface area contributed by atoms with E-state index in [2.05, 4.69) is 10.3 Å². The number of hydrogen-bond donors (Lipinski definition) is 1. The number of esters is 2. The lowest BCUT2D eigenvalue weighted by atomic mass is 10.1. The zero-order valence-electron chi connectivity index (χ0n) is 17.0. The minimum atomic E-state index is -1.30. The lowest BCUT2D eigenvalue weighted by Crippen LogP contribution is -2.40. The molecule has 12 heteroatoms. The summed E-state index contributed by atoms with van der Waals surface area (Å²) < 4.78 is 36.0. The van der Waals surface area contributed by atoms with E-state index in [4.69, 9.17) is 18.9 Å². The highest BCUT2D eigenvalue weighted by Gasteiger charge is 2.48. The maximum absolute atomic E-state index is 14.5. The van der Waals surface area contributed by atoms with Gasteiger partial charge in [-0.2, -0.15) is 4.98 Å². The summed E-state index contributed by atoms with van der Waals surface area (Å²) in [6, 6.07) is 0. The summed E-state index contributed by atoms with van der Waals surface area (Å²) in [7, 11) is 0. The van der Waals surface area contributed by atoms with Crippen LogP contribution in [0.1, 0.15) is 46.8 Å². The van der Waals surface area contributed by atoms with Gasteiger partial charge in [-0.15, -0.1) is 0 Å². The summed E-state index contributed by atoms with van der Waals surface area (Å²) in [6.07, 6.45) is -3.06. The van der Waals surface area contributed by atoms with Crippen molar-refractivity contribution in [3.05, 3.63) is 22.5 Å². The number of anilines is 1. The predicted molar refractivity (Wildman–Crippen MR) is 99.0 cm³/mol. The van der Waals surface area contributed by atoms with Gasteiger partial charge < -0.3 is 18.9 Å². The van der Waals surface area contributed by atoms with Crippen LogP contribution in [-0.4, -0.2) is 52.5 Å². The molecule has 1 aromatic rings. The van der Waals surface area contributed by atoms with Crippen molar-refractivity contribution in [1.82, 2.24) is 9.55 Å². The van der Waals surface area contributed by atoms with Crippen LogP contribution in [0.15, 0.2) is 11.0 Å². The SMILES string of the molecule is CCCCOC(=O)Nc1nc(=O)n(C2OC(C)C(OC(C)=O)C2OC(C)=O)cc1F. The number of amides is 1. The molecule has 1 amide bonds. The highest BCUT2D eigenvalue weighted by Crippen LogP contribution is 2.33. The topological polar surface area (TPSA) is 135 Å². The van der Waals surface area contributed by atoms with Crippen LogP contribution in [0.3, 0.4) is 0 Å². The number of ether oxygens (including phenoxy) is 4. The van der Waals surface area contributed by atoms with Crippen molar-refractivity contribution in [3.8, 4) is 0 Å². The molecular formula is C18H24FN3O8. The second-order valence-electron chi connectivity index (χ2n) is 6.62. The Hall–Kier alpha value is -3.02. The molecule has 4 atom stereocenters.